The van der Waals surface area contributed by atoms with Crippen molar-refractivity contribution < 1.29 is 9.59 Å². The third-order valence-electron chi connectivity index (χ3n) is 4.73. The third-order valence-corrected chi connectivity index (χ3v) is 4.73. The summed E-state index contributed by atoms with van der Waals surface area (Å²) in [5, 5.41) is 5.61. The van der Waals surface area contributed by atoms with Crippen molar-refractivity contribution in [1.82, 2.24) is 15.3 Å². The first-order valence-corrected chi connectivity index (χ1v) is 8.73. The van der Waals surface area contributed by atoms with Gasteiger partial charge < -0.3 is 15.5 Å². The van der Waals surface area contributed by atoms with Crippen LogP contribution in [0, 0.1) is 12.8 Å². The molecule has 1 aliphatic heterocycles. The van der Waals surface area contributed by atoms with Gasteiger partial charge in [0.05, 0.1) is 12.1 Å². The SMILES string of the molecule is CNC(=O)c1cccc(NC(=O)C2CCCN(c3cnccn3)C2)c1C. The maximum absolute atomic E-state index is 12.8. The van der Waals surface area contributed by atoms with E-state index in [2.05, 4.69) is 25.5 Å². The quantitative estimate of drug-likeness (QED) is 0.878. The van der Waals surface area contributed by atoms with E-state index in [9.17, 15) is 9.59 Å². The topological polar surface area (TPSA) is 87.2 Å². The molecule has 1 aromatic carbocycles. The van der Waals surface area contributed by atoms with Gasteiger partial charge in [-0.2, -0.15) is 0 Å². The predicted molar refractivity (Wildman–Crippen MR) is 100 cm³/mol. The Kier molecular flexibility index (Phi) is 5.46. The van der Waals surface area contributed by atoms with Crippen molar-refractivity contribution in [2.45, 2.75) is 19.8 Å². The molecule has 2 aromatic rings. The molecule has 1 aromatic heterocycles. The van der Waals surface area contributed by atoms with Gasteiger partial charge in [-0.05, 0) is 37.5 Å². The van der Waals surface area contributed by atoms with E-state index in [-0.39, 0.29) is 17.7 Å². The average Bonchev–Trinajstić information content (AvgIpc) is 2.69. The molecule has 2 N–H and O–H groups in total. The summed E-state index contributed by atoms with van der Waals surface area (Å²) < 4.78 is 0. The molecule has 0 aliphatic carbocycles. The maximum atomic E-state index is 12.8. The smallest absolute Gasteiger partial charge is 0.251 e. The molecular weight excluding hydrogens is 330 g/mol. The van der Waals surface area contributed by atoms with E-state index in [1.807, 2.05) is 13.0 Å². The van der Waals surface area contributed by atoms with E-state index in [1.165, 1.54) is 0 Å². The largest absolute Gasteiger partial charge is 0.355 e. The van der Waals surface area contributed by atoms with Gasteiger partial charge in [-0.1, -0.05) is 6.07 Å². The van der Waals surface area contributed by atoms with Crippen molar-refractivity contribution in [2.75, 3.05) is 30.4 Å². The third kappa shape index (κ3) is 3.82. The fourth-order valence-electron chi connectivity index (χ4n) is 3.24. The molecule has 2 heterocycles. The molecule has 136 valence electrons. The van der Waals surface area contributed by atoms with Crippen molar-refractivity contribution in [3.05, 3.63) is 47.9 Å². The first-order chi connectivity index (χ1) is 12.6. The molecule has 1 fully saturated rings. The summed E-state index contributed by atoms with van der Waals surface area (Å²) in [6.45, 7) is 3.32. The Balaban J connectivity index is 1.71. The van der Waals surface area contributed by atoms with Crippen LogP contribution in [0.5, 0.6) is 0 Å². The minimum Gasteiger partial charge on any atom is -0.355 e. The molecule has 0 radical (unpaired) electrons. The Bertz CT molecular complexity index is 794. The number of carbonyl (C=O) groups excluding carboxylic acids is 2. The van der Waals surface area contributed by atoms with Crippen LogP contribution in [0.25, 0.3) is 0 Å². The van der Waals surface area contributed by atoms with Crippen LogP contribution in [0.3, 0.4) is 0 Å². The van der Waals surface area contributed by atoms with Gasteiger partial charge in [0, 0.05) is 43.8 Å². The number of benzene rings is 1. The van der Waals surface area contributed by atoms with Crippen molar-refractivity contribution in [3.8, 4) is 0 Å². The molecule has 0 bridgehead atoms. The first-order valence-electron chi connectivity index (χ1n) is 8.73. The summed E-state index contributed by atoms with van der Waals surface area (Å²) in [6.07, 6.45) is 6.77. The molecule has 2 amide bonds. The van der Waals surface area contributed by atoms with Crippen LogP contribution >= 0.6 is 0 Å². The molecule has 7 heteroatoms. The number of anilines is 2. The fourth-order valence-corrected chi connectivity index (χ4v) is 3.24. The Labute approximate surface area is 152 Å². The van der Waals surface area contributed by atoms with Crippen molar-refractivity contribution in [2.24, 2.45) is 5.92 Å². The number of nitrogens with zero attached hydrogens (tertiary/aromatic N) is 3. The second-order valence-electron chi connectivity index (χ2n) is 6.40. The normalized spacial score (nSPS) is 16.8. The predicted octanol–water partition coefficient (Wildman–Crippen LogP) is 2.00. The van der Waals surface area contributed by atoms with Gasteiger partial charge >= 0.3 is 0 Å². The highest BCUT2D eigenvalue weighted by Crippen LogP contribution is 2.24. The lowest BCUT2D eigenvalue weighted by Crippen LogP contribution is -2.41. The number of carbonyl (C=O) groups is 2. The highest BCUT2D eigenvalue weighted by Gasteiger charge is 2.27. The molecule has 1 saturated heterocycles. The second-order valence-corrected chi connectivity index (χ2v) is 6.40. The van der Waals surface area contributed by atoms with Crippen LogP contribution in [0.1, 0.15) is 28.8 Å². The number of nitrogens with one attached hydrogen (secondary N) is 2. The number of hydrogen-bond acceptors (Lipinski definition) is 5. The fraction of sp³-hybridized carbons (Fsp3) is 0.368. The molecular formula is C19H23N5O2. The molecule has 26 heavy (non-hydrogen) atoms. The summed E-state index contributed by atoms with van der Waals surface area (Å²) in [5.74, 6) is 0.470. The Morgan fingerprint density at radius 3 is 2.85 bits per heavy atom. The number of piperidine rings is 1. The lowest BCUT2D eigenvalue weighted by atomic mass is 9.96. The molecule has 1 unspecified atom stereocenters. The van der Waals surface area contributed by atoms with E-state index in [4.69, 9.17) is 0 Å². The van der Waals surface area contributed by atoms with Gasteiger partial charge in [0.15, 0.2) is 0 Å². The van der Waals surface area contributed by atoms with Gasteiger partial charge in [-0.3, -0.25) is 14.6 Å². The van der Waals surface area contributed by atoms with E-state index in [0.29, 0.717) is 17.8 Å². The zero-order valence-corrected chi connectivity index (χ0v) is 15.0. The van der Waals surface area contributed by atoms with Gasteiger partial charge in [-0.25, -0.2) is 4.98 Å². The standard InChI is InChI=1S/C19H23N5O2/c1-13-15(19(26)20-2)6-3-7-16(13)23-18(25)14-5-4-10-24(12-14)17-11-21-8-9-22-17/h3,6-9,11,14H,4-5,10,12H2,1-2H3,(H,20,26)(H,23,25). The van der Waals surface area contributed by atoms with Crippen LogP contribution < -0.4 is 15.5 Å². The van der Waals surface area contributed by atoms with Crippen molar-refractivity contribution in [3.63, 3.8) is 0 Å². The van der Waals surface area contributed by atoms with Crippen LogP contribution in [-0.2, 0) is 4.79 Å². The molecule has 1 atom stereocenters. The molecule has 3 rings (SSSR count). The Morgan fingerprint density at radius 1 is 1.27 bits per heavy atom. The zero-order chi connectivity index (χ0) is 18.5. The number of amides is 2. The van der Waals surface area contributed by atoms with E-state index < -0.39 is 0 Å². The zero-order valence-electron chi connectivity index (χ0n) is 15.0. The number of hydrogen-bond donors (Lipinski definition) is 2. The monoisotopic (exact) mass is 353 g/mol. The van der Waals surface area contributed by atoms with Gasteiger partial charge in [0.2, 0.25) is 5.91 Å². The lowest BCUT2D eigenvalue weighted by Gasteiger charge is -2.32. The molecule has 0 saturated carbocycles. The summed E-state index contributed by atoms with van der Waals surface area (Å²) >= 11 is 0. The second kappa shape index (κ2) is 7.95. The summed E-state index contributed by atoms with van der Waals surface area (Å²) in [5.41, 5.74) is 2.00. The molecule has 1 aliphatic rings. The lowest BCUT2D eigenvalue weighted by molar-refractivity contribution is -0.120. The van der Waals surface area contributed by atoms with Gasteiger partial charge in [-0.15, -0.1) is 0 Å². The van der Waals surface area contributed by atoms with Crippen LogP contribution in [0.4, 0.5) is 11.5 Å². The van der Waals surface area contributed by atoms with Crippen LogP contribution in [0.15, 0.2) is 36.8 Å². The molecule has 7 nitrogen and oxygen atoms in total. The van der Waals surface area contributed by atoms with E-state index in [0.717, 1.165) is 30.8 Å². The van der Waals surface area contributed by atoms with Crippen molar-refractivity contribution in [1.29, 1.82) is 0 Å². The highest BCUT2D eigenvalue weighted by atomic mass is 16.2. The van der Waals surface area contributed by atoms with E-state index in [1.54, 1.807) is 37.8 Å². The first kappa shape index (κ1) is 17.8. The summed E-state index contributed by atoms with van der Waals surface area (Å²) in [6, 6.07) is 5.35. The summed E-state index contributed by atoms with van der Waals surface area (Å²) in [4.78, 5) is 35.2. The minimum atomic E-state index is -0.162. The van der Waals surface area contributed by atoms with E-state index >= 15 is 0 Å². The summed E-state index contributed by atoms with van der Waals surface area (Å²) in [7, 11) is 1.59. The average molecular weight is 353 g/mol. The minimum absolute atomic E-state index is 0.0317. The van der Waals surface area contributed by atoms with Crippen LogP contribution in [0.2, 0.25) is 0 Å². The highest BCUT2D eigenvalue weighted by molar-refractivity contribution is 5.99. The molecule has 0 spiro atoms. The van der Waals surface area contributed by atoms with Crippen molar-refractivity contribution >= 4 is 23.3 Å². The number of aromatic nitrogens is 2. The number of rotatable bonds is 4. The maximum Gasteiger partial charge on any atom is 0.251 e. The van der Waals surface area contributed by atoms with Gasteiger partial charge in [0.1, 0.15) is 5.82 Å². The van der Waals surface area contributed by atoms with Crippen LogP contribution in [-0.4, -0.2) is 41.9 Å². The Morgan fingerprint density at radius 2 is 2.12 bits per heavy atom. The van der Waals surface area contributed by atoms with Gasteiger partial charge in [0.25, 0.3) is 5.91 Å². The Hall–Kier alpha value is -2.96.